The summed E-state index contributed by atoms with van der Waals surface area (Å²) < 4.78 is 4.99. The molecular weight excluding hydrogens is 256 g/mol. The molecule has 1 aliphatic rings. The Kier molecular flexibility index (Phi) is 4.84. The molecule has 1 amide bonds. The molecule has 1 saturated heterocycles. The van der Waals surface area contributed by atoms with Crippen molar-refractivity contribution in [2.45, 2.75) is 12.8 Å². The Morgan fingerprint density at radius 2 is 2.35 bits per heavy atom. The van der Waals surface area contributed by atoms with Crippen molar-refractivity contribution in [1.82, 2.24) is 10.2 Å². The van der Waals surface area contributed by atoms with Crippen molar-refractivity contribution in [3.05, 3.63) is 23.8 Å². The highest BCUT2D eigenvalue weighted by atomic mass is 16.5. The molecule has 0 aromatic heterocycles. The number of phenolic OH excluding ortho intramolecular Hbond substituents is 1. The first-order valence-corrected chi connectivity index (χ1v) is 6.96. The van der Waals surface area contributed by atoms with Crippen LogP contribution in [-0.4, -0.2) is 49.7 Å². The van der Waals surface area contributed by atoms with Crippen molar-refractivity contribution in [2.24, 2.45) is 5.92 Å². The highest BCUT2D eigenvalue weighted by molar-refractivity contribution is 5.95. The van der Waals surface area contributed by atoms with E-state index < -0.39 is 0 Å². The van der Waals surface area contributed by atoms with E-state index in [0.29, 0.717) is 17.2 Å². The van der Waals surface area contributed by atoms with Crippen LogP contribution >= 0.6 is 0 Å². The normalized spacial score (nSPS) is 18.9. The minimum Gasteiger partial charge on any atom is -0.504 e. The molecule has 1 unspecified atom stereocenters. The molecule has 1 aliphatic heterocycles. The number of ether oxygens (including phenoxy) is 1. The number of nitrogens with one attached hydrogen (secondary N) is 1. The van der Waals surface area contributed by atoms with Gasteiger partial charge in [-0.15, -0.1) is 0 Å². The van der Waals surface area contributed by atoms with E-state index in [1.165, 1.54) is 13.2 Å². The molecule has 0 saturated carbocycles. The number of carbonyl (C=O) groups excluding carboxylic acids is 1. The third kappa shape index (κ3) is 3.22. The minimum atomic E-state index is -0.0243. The van der Waals surface area contributed by atoms with Crippen LogP contribution in [0.25, 0.3) is 0 Å². The van der Waals surface area contributed by atoms with Gasteiger partial charge < -0.3 is 20.1 Å². The number of benzene rings is 1. The van der Waals surface area contributed by atoms with Crippen molar-refractivity contribution in [1.29, 1.82) is 0 Å². The van der Waals surface area contributed by atoms with Crippen LogP contribution in [0.1, 0.15) is 23.2 Å². The fourth-order valence-corrected chi connectivity index (χ4v) is 2.71. The highest BCUT2D eigenvalue weighted by Gasteiger charge is 2.24. The zero-order chi connectivity index (χ0) is 14.5. The van der Waals surface area contributed by atoms with Gasteiger partial charge in [0.1, 0.15) is 0 Å². The van der Waals surface area contributed by atoms with Crippen LogP contribution in [0.2, 0.25) is 0 Å². The zero-order valence-corrected chi connectivity index (χ0v) is 12.1. The van der Waals surface area contributed by atoms with Gasteiger partial charge in [0.05, 0.1) is 7.11 Å². The number of phenols is 1. The maximum atomic E-state index is 12.5. The molecule has 0 bridgehead atoms. The van der Waals surface area contributed by atoms with Gasteiger partial charge in [0, 0.05) is 18.7 Å². The number of rotatable bonds is 4. The number of piperidine rings is 1. The number of amides is 1. The van der Waals surface area contributed by atoms with Gasteiger partial charge in [0.25, 0.3) is 5.91 Å². The van der Waals surface area contributed by atoms with E-state index >= 15 is 0 Å². The maximum Gasteiger partial charge on any atom is 0.254 e. The number of carbonyl (C=O) groups is 1. The summed E-state index contributed by atoms with van der Waals surface area (Å²) in [5.74, 6) is 0.865. The first kappa shape index (κ1) is 14.7. The van der Waals surface area contributed by atoms with Crippen LogP contribution in [0, 0.1) is 5.92 Å². The van der Waals surface area contributed by atoms with Crippen LogP contribution in [-0.2, 0) is 0 Å². The summed E-state index contributed by atoms with van der Waals surface area (Å²) in [7, 11) is 3.42. The van der Waals surface area contributed by atoms with E-state index in [2.05, 4.69) is 5.32 Å². The summed E-state index contributed by atoms with van der Waals surface area (Å²) in [6.07, 6.45) is 2.18. The third-order valence-electron chi connectivity index (χ3n) is 3.72. The van der Waals surface area contributed by atoms with Crippen molar-refractivity contribution in [3.63, 3.8) is 0 Å². The average Bonchev–Trinajstić information content (AvgIpc) is 2.47. The van der Waals surface area contributed by atoms with Crippen LogP contribution in [0.5, 0.6) is 11.5 Å². The van der Waals surface area contributed by atoms with Crippen LogP contribution in [0.4, 0.5) is 0 Å². The largest absolute Gasteiger partial charge is 0.504 e. The van der Waals surface area contributed by atoms with Gasteiger partial charge in [-0.2, -0.15) is 0 Å². The first-order valence-electron chi connectivity index (χ1n) is 6.96. The Hall–Kier alpha value is -1.75. The Morgan fingerprint density at radius 3 is 3.00 bits per heavy atom. The molecule has 1 atom stereocenters. The molecule has 5 nitrogen and oxygen atoms in total. The number of aromatic hydroxyl groups is 1. The molecule has 20 heavy (non-hydrogen) atoms. The van der Waals surface area contributed by atoms with E-state index in [-0.39, 0.29) is 11.7 Å². The van der Waals surface area contributed by atoms with Gasteiger partial charge in [-0.3, -0.25) is 4.79 Å². The molecular formula is C15H22N2O3. The van der Waals surface area contributed by atoms with Gasteiger partial charge >= 0.3 is 0 Å². The number of methoxy groups -OCH3 is 1. The molecule has 5 heteroatoms. The Morgan fingerprint density at radius 1 is 1.55 bits per heavy atom. The molecule has 2 rings (SSSR count). The summed E-state index contributed by atoms with van der Waals surface area (Å²) >= 11 is 0. The summed E-state index contributed by atoms with van der Waals surface area (Å²) in [6, 6.07) is 4.79. The Bertz CT molecular complexity index is 474. The topological polar surface area (TPSA) is 61.8 Å². The molecule has 0 aliphatic carbocycles. The van der Waals surface area contributed by atoms with Crippen LogP contribution in [0.15, 0.2) is 18.2 Å². The van der Waals surface area contributed by atoms with Crippen molar-refractivity contribution >= 4 is 5.91 Å². The molecule has 110 valence electrons. The van der Waals surface area contributed by atoms with Crippen LogP contribution < -0.4 is 10.1 Å². The van der Waals surface area contributed by atoms with Gasteiger partial charge in [0.2, 0.25) is 0 Å². The van der Waals surface area contributed by atoms with E-state index in [0.717, 1.165) is 32.5 Å². The molecule has 0 radical (unpaired) electrons. The van der Waals surface area contributed by atoms with Gasteiger partial charge in [-0.1, -0.05) is 0 Å². The third-order valence-corrected chi connectivity index (χ3v) is 3.72. The second-order valence-corrected chi connectivity index (χ2v) is 5.20. The molecule has 2 N–H and O–H groups in total. The first-order chi connectivity index (χ1) is 9.65. The molecule has 1 heterocycles. The highest BCUT2D eigenvalue weighted by Crippen LogP contribution is 2.27. The van der Waals surface area contributed by atoms with Crippen molar-refractivity contribution < 1.29 is 14.6 Å². The maximum absolute atomic E-state index is 12.5. The van der Waals surface area contributed by atoms with E-state index in [1.807, 2.05) is 11.9 Å². The second kappa shape index (κ2) is 6.61. The zero-order valence-electron chi connectivity index (χ0n) is 12.1. The number of hydrogen-bond acceptors (Lipinski definition) is 4. The van der Waals surface area contributed by atoms with E-state index in [9.17, 15) is 9.90 Å². The summed E-state index contributed by atoms with van der Waals surface area (Å²) in [5.41, 5.74) is 0.508. The smallest absolute Gasteiger partial charge is 0.254 e. The predicted octanol–water partition coefficient (Wildman–Crippen LogP) is 1.47. The lowest BCUT2D eigenvalue weighted by Crippen LogP contribution is -2.42. The fourth-order valence-electron chi connectivity index (χ4n) is 2.71. The second-order valence-electron chi connectivity index (χ2n) is 5.20. The van der Waals surface area contributed by atoms with E-state index in [4.69, 9.17) is 4.74 Å². The Labute approximate surface area is 119 Å². The number of nitrogens with zero attached hydrogens (tertiary/aromatic N) is 1. The average molecular weight is 278 g/mol. The lowest BCUT2D eigenvalue weighted by atomic mass is 9.97. The molecule has 0 spiro atoms. The molecule has 1 fully saturated rings. The summed E-state index contributed by atoms with van der Waals surface area (Å²) in [5, 5.41) is 12.9. The van der Waals surface area contributed by atoms with E-state index in [1.54, 1.807) is 12.1 Å². The van der Waals surface area contributed by atoms with Gasteiger partial charge in [-0.25, -0.2) is 0 Å². The minimum absolute atomic E-state index is 0.00198. The van der Waals surface area contributed by atoms with Crippen LogP contribution in [0.3, 0.4) is 0 Å². The fraction of sp³-hybridized carbons (Fsp3) is 0.533. The summed E-state index contributed by atoms with van der Waals surface area (Å²) in [4.78, 5) is 14.3. The standard InChI is InChI=1S/C15H22N2O3/c1-16-9-11-4-3-7-17(10-11)15(19)12-5-6-14(20-2)13(18)8-12/h5-6,8,11,16,18H,3-4,7,9-10H2,1-2H3. The predicted molar refractivity (Wildman–Crippen MR) is 77.2 cm³/mol. The SMILES string of the molecule is CNCC1CCCN(C(=O)c2ccc(OC)c(O)c2)C1. The summed E-state index contributed by atoms with van der Waals surface area (Å²) in [6.45, 7) is 2.48. The van der Waals surface area contributed by atoms with Gasteiger partial charge in [-0.05, 0) is 50.6 Å². The van der Waals surface area contributed by atoms with Gasteiger partial charge in [0.15, 0.2) is 11.5 Å². The van der Waals surface area contributed by atoms with Crippen molar-refractivity contribution in [3.8, 4) is 11.5 Å². The molecule has 1 aromatic rings. The lowest BCUT2D eigenvalue weighted by Gasteiger charge is -2.32. The lowest BCUT2D eigenvalue weighted by molar-refractivity contribution is 0.0674. The molecule has 1 aromatic carbocycles. The Balaban J connectivity index is 2.08. The monoisotopic (exact) mass is 278 g/mol. The number of likely N-dealkylation sites (tertiary alicyclic amines) is 1. The quantitative estimate of drug-likeness (QED) is 0.875. The van der Waals surface area contributed by atoms with Crippen molar-refractivity contribution in [2.75, 3.05) is 33.8 Å². The number of hydrogen-bond donors (Lipinski definition) is 2.